The van der Waals surface area contributed by atoms with Crippen LogP contribution in [0.3, 0.4) is 0 Å². The Bertz CT molecular complexity index is 1590. The van der Waals surface area contributed by atoms with Crippen LogP contribution in [0.25, 0.3) is 27.4 Å². The molecule has 1 aliphatic heterocycles. The van der Waals surface area contributed by atoms with Gasteiger partial charge in [-0.05, 0) is 38.6 Å². The Kier molecular flexibility index (Phi) is 8.66. The zero-order valence-electron chi connectivity index (χ0n) is 22.3. The summed E-state index contributed by atoms with van der Waals surface area (Å²) in [4.78, 5) is 12.2. The third-order valence-corrected chi connectivity index (χ3v) is 6.56. The van der Waals surface area contributed by atoms with Gasteiger partial charge in [0, 0.05) is 30.8 Å². The summed E-state index contributed by atoms with van der Waals surface area (Å²) in [5.41, 5.74) is 9.68. The van der Waals surface area contributed by atoms with Crippen molar-refractivity contribution in [3.63, 3.8) is 0 Å². The van der Waals surface area contributed by atoms with Gasteiger partial charge >= 0.3 is 20.1 Å². The zero-order valence-corrected chi connectivity index (χ0v) is 24.7. The van der Waals surface area contributed by atoms with Gasteiger partial charge in [0.1, 0.15) is 0 Å². The van der Waals surface area contributed by atoms with E-state index in [4.69, 9.17) is 6.57 Å². The molecule has 6 heteroatoms. The van der Waals surface area contributed by atoms with E-state index >= 15 is 0 Å². The van der Waals surface area contributed by atoms with Gasteiger partial charge < -0.3 is 14.4 Å². The number of rotatable bonds is 3. The Morgan fingerprint density at radius 3 is 2.23 bits per heavy atom. The molecule has 1 aromatic heterocycles. The van der Waals surface area contributed by atoms with E-state index in [9.17, 15) is 0 Å². The molecular formula is C33H28IrN5. The van der Waals surface area contributed by atoms with Crippen molar-refractivity contribution < 1.29 is 20.1 Å². The smallest absolute Gasteiger partial charge is 0.504 e. The number of nitrogens with zero attached hydrogens (tertiary/aromatic N) is 5. The van der Waals surface area contributed by atoms with E-state index in [1.165, 1.54) is 16.9 Å². The molecule has 0 saturated carbocycles. The van der Waals surface area contributed by atoms with Crippen LogP contribution in [0.15, 0.2) is 91.3 Å². The summed E-state index contributed by atoms with van der Waals surface area (Å²) < 4.78 is 1.98. The third kappa shape index (κ3) is 5.81. The standard InChI is InChI=1S/C19H16N3.C14H12N2.Ir/c1-13-10-17(20-3)11-14(2)18(13)15-6-5-7-16(12-15)19-21-8-9-22(19)4;1-15-11-16(12-7-3-2-4-8-12)14-10-6-5-9-13(14)15;/h5-6,8-12H,1-2,4H3;2-7,9-11H,1H3;/q-1;-2;+3. The quantitative estimate of drug-likeness (QED) is 0.181. The van der Waals surface area contributed by atoms with Crippen molar-refractivity contribution >= 4 is 22.7 Å². The number of imidazole rings is 1. The van der Waals surface area contributed by atoms with Crippen LogP contribution in [-0.4, -0.2) is 16.6 Å². The first-order valence-corrected chi connectivity index (χ1v) is 12.4. The van der Waals surface area contributed by atoms with Crippen molar-refractivity contribution in [3.05, 3.63) is 133 Å². The SMILES string of the molecule is CN1[CH-]N(c2[c-]cccc2)c2ccccc21.[C-]#[N+]c1cc(C)c(-c2cc[c-]c(-c3nccn3C)c2)c(C)c1.[Ir+3]. The van der Waals surface area contributed by atoms with Gasteiger partial charge in [0.05, 0.1) is 12.4 Å². The average molecular weight is 687 g/mol. The molecule has 4 aromatic carbocycles. The molecule has 0 amide bonds. The molecule has 0 unspecified atom stereocenters. The van der Waals surface area contributed by atoms with Gasteiger partial charge in [-0.25, -0.2) is 4.85 Å². The third-order valence-electron chi connectivity index (χ3n) is 6.56. The molecule has 5 aromatic rings. The van der Waals surface area contributed by atoms with Crippen LogP contribution in [0, 0.1) is 39.2 Å². The summed E-state index contributed by atoms with van der Waals surface area (Å²) in [7, 11) is 4.03. The molecule has 0 fully saturated rings. The van der Waals surface area contributed by atoms with E-state index in [2.05, 4.69) is 87.9 Å². The zero-order chi connectivity index (χ0) is 26.6. The molecular weight excluding hydrogens is 659 g/mol. The second kappa shape index (κ2) is 12.1. The van der Waals surface area contributed by atoms with E-state index in [1.54, 1.807) is 6.20 Å². The summed E-state index contributed by atoms with van der Waals surface area (Å²) in [5, 5.41) is 0. The van der Waals surface area contributed by atoms with Crippen LogP contribution in [-0.2, 0) is 27.2 Å². The number of hydrogen-bond acceptors (Lipinski definition) is 3. The van der Waals surface area contributed by atoms with Crippen molar-refractivity contribution in [2.75, 3.05) is 16.8 Å². The van der Waals surface area contributed by atoms with Crippen LogP contribution in [0.4, 0.5) is 22.7 Å². The molecule has 0 N–H and O–H groups in total. The maximum atomic E-state index is 7.17. The van der Waals surface area contributed by atoms with Crippen LogP contribution in [0.1, 0.15) is 11.1 Å². The second-order valence-electron chi connectivity index (χ2n) is 9.25. The van der Waals surface area contributed by atoms with Gasteiger partial charge in [0.25, 0.3) is 0 Å². The topological polar surface area (TPSA) is 28.7 Å². The summed E-state index contributed by atoms with van der Waals surface area (Å²) in [6.45, 7) is 13.4. The molecule has 0 spiro atoms. The van der Waals surface area contributed by atoms with E-state index in [0.717, 1.165) is 33.8 Å². The Morgan fingerprint density at radius 2 is 1.59 bits per heavy atom. The normalized spacial score (nSPS) is 11.7. The monoisotopic (exact) mass is 687 g/mol. The maximum absolute atomic E-state index is 7.17. The number of aryl methyl sites for hydroxylation is 3. The van der Waals surface area contributed by atoms with Gasteiger partial charge in [0.2, 0.25) is 0 Å². The minimum atomic E-state index is 0. The number of para-hydroxylation sites is 3. The molecule has 5 nitrogen and oxygen atoms in total. The van der Waals surface area contributed by atoms with Crippen molar-refractivity contribution in [1.82, 2.24) is 9.55 Å². The Hall–Kier alpha value is -4.17. The number of fused-ring (bicyclic) bond motifs is 1. The summed E-state index contributed by atoms with van der Waals surface area (Å²) in [5.74, 6) is 0.898. The molecule has 0 saturated heterocycles. The predicted octanol–water partition coefficient (Wildman–Crippen LogP) is 7.91. The second-order valence-corrected chi connectivity index (χ2v) is 9.25. The summed E-state index contributed by atoms with van der Waals surface area (Å²) >= 11 is 0. The van der Waals surface area contributed by atoms with Gasteiger partial charge in [-0.3, -0.25) is 4.98 Å². The fraction of sp³-hybridized carbons (Fsp3) is 0.121. The predicted molar refractivity (Wildman–Crippen MR) is 155 cm³/mol. The van der Waals surface area contributed by atoms with Crippen LogP contribution < -0.4 is 9.80 Å². The molecule has 0 radical (unpaired) electrons. The fourth-order valence-electron chi connectivity index (χ4n) is 4.83. The Labute approximate surface area is 244 Å². The summed E-state index contributed by atoms with van der Waals surface area (Å²) in [6.07, 6.45) is 3.72. The van der Waals surface area contributed by atoms with Gasteiger partial charge in [-0.1, -0.05) is 35.4 Å². The van der Waals surface area contributed by atoms with Crippen molar-refractivity contribution in [1.29, 1.82) is 0 Å². The fourth-order valence-corrected chi connectivity index (χ4v) is 4.83. The Morgan fingerprint density at radius 1 is 0.872 bits per heavy atom. The molecule has 6 rings (SSSR count). The van der Waals surface area contributed by atoms with Crippen LogP contribution in [0.2, 0.25) is 0 Å². The number of anilines is 3. The van der Waals surface area contributed by atoms with Gasteiger partial charge in [-0.15, -0.1) is 41.1 Å². The molecule has 194 valence electrons. The Balaban J connectivity index is 0.000000184. The minimum Gasteiger partial charge on any atom is -0.504 e. The summed E-state index contributed by atoms with van der Waals surface area (Å²) in [6, 6.07) is 32.8. The first-order valence-electron chi connectivity index (χ1n) is 12.4. The van der Waals surface area contributed by atoms with E-state index < -0.39 is 0 Å². The molecule has 39 heavy (non-hydrogen) atoms. The number of aromatic nitrogens is 2. The van der Waals surface area contributed by atoms with Crippen molar-refractivity contribution in [2.45, 2.75) is 13.8 Å². The minimum absolute atomic E-state index is 0. The van der Waals surface area contributed by atoms with Crippen LogP contribution >= 0.6 is 0 Å². The molecule has 2 heterocycles. The van der Waals surface area contributed by atoms with Gasteiger partial charge in [-0.2, -0.15) is 37.0 Å². The molecule has 0 aliphatic carbocycles. The molecule has 1 aliphatic rings. The maximum Gasteiger partial charge on any atom is 3.00 e. The average Bonchev–Trinajstić information content (AvgIpc) is 3.52. The molecule has 0 bridgehead atoms. The molecule has 0 atom stereocenters. The first-order chi connectivity index (χ1) is 18.5. The van der Waals surface area contributed by atoms with E-state index in [1.807, 2.05) is 68.1 Å². The number of benzene rings is 4. The van der Waals surface area contributed by atoms with E-state index in [-0.39, 0.29) is 20.1 Å². The largest absolute Gasteiger partial charge is 3.00 e. The van der Waals surface area contributed by atoms with Crippen molar-refractivity contribution in [2.24, 2.45) is 7.05 Å². The van der Waals surface area contributed by atoms with Crippen LogP contribution in [0.5, 0.6) is 0 Å². The van der Waals surface area contributed by atoms with E-state index in [0.29, 0.717) is 5.69 Å². The first kappa shape index (κ1) is 27.9. The van der Waals surface area contributed by atoms with Crippen molar-refractivity contribution in [3.8, 4) is 22.5 Å². The number of hydrogen-bond donors (Lipinski definition) is 0. The van der Waals surface area contributed by atoms with Gasteiger partial charge in [0.15, 0.2) is 5.69 Å².